The highest BCUT2D eigenvalue weighted by molar-refractivity contribution is 5.82. The van der Waals surface area contributed by atoms with Crippen LogP contribution in [0.15, 0.2) is 65.8 Å². The van der Waals surface area contributed by atoms with E-state index in [9.17, 15) is 9.59 Å². The molecule has 31 heavy (non-hydrogen) atoms. The molecule has 1 aliphatic heterocycles. The van der Waals surface area contributed by atoms with Gasteiger partial charge in [-0.3, -0.25) is 0 Å². The van der Waals surface area contributed by atoms with Crippen LogP contribution in [0.5, 0.6) is 0 Å². The van der Waals surface area contributed by atoms with E-state index < -0.39 is 0 Å². The fourth-order valence-electron chi connectivity index (χ4n) is 3.94. The molecule has 1 heterocycles. The average molecular weight is 423 g/mol. The molecule has 0 radical (unpaired) electrons. The number of rotatable bonds is 9. The Kier molecular flexibility index (Phi) is 8.21. The number of likely N-dealkylation sites (tertiary alicyclic amines) is 1. The fraction of sp³-hybridized carbons (Fsp3) is 0.400. The highest BCUT2D eigenvalue weighted by Crippen LogP contribution is 2.30. The number of amides is 1. The zero-order chi connectivity index (χ0) is 22.1. The highest BCUT2D eigenvalue weighted by Gasteiger charge is 2.36. The van der Waals surface area contributed by atoms with Gasteiger partial charge in [-0.2, -0.15) is 0 Å². The van der Waals surface area contributed by atoms with Crippen LogP contribution >= 0.6 is 0 Å². The Hall–Kier alpha value is -3.15. The van der Waals surface area contributed by atoms with Gasteiger partial charge in [0.15, 0.2) is 0 Å². The number of carbonyl (C=O) groups is 2. The molecule has 6 heteroatoms. The molecule has 0 unspecified atom stereocenters. The van der Waals surface area contributed by atoms with E-state index in [1.165, 1.54) is 0 Å². The Morgan fingerprint density at radius 3 is 2.00 bits per heavy atom. The van der Waals surface area contributed by atoms with E-state index in [0.717, 1.165) is 16.8 Å². The van der Waals surface area contributed by atoms with Crippen molar-refractivity contribution in [2.45, 2.75) is 39.9 Å². The molecule has 2 aromatic rings. The van der Waals surface area contributed by atoms with Crippen LogP contribution < -0.4 is 0 Å². The zero-order valence-corrected chi connectivity index (χ0v) is 18.2. The van der Waals surface area contributed by atoms with Crippen molar-refractivity contribution in [2.24, 2.45) is 17.0 Å². The minimum absolute atomic E-state index is 0.0982. The van der Waals surface area contributed by atoms with E-state index in [4.69, 9.17) is 9.57 Å². The van der Waals surface area contributed by atoms with Gasteiger partial charge in [0.25, 0.3) is 0 Å². The molecule has 1 fully saturated rings. The summed E-state index contributed by atoms with van der Waals surface area (Å²) in [6.45, 7) is 5.25. The van der Waals surface area contributed by atoms with Crippen LogP contribution in [0.1, 0.15) is 37.8 Å². The first-order valence-corrected chi connectivity index (χ1v) is 10.7. The minimum atomic E-state index is -0.338. The number of oxime groups is 1. The average Bonchev–Trinajstić information content (AvgIpc) is 3.15. The standard InChI is InChI=1S/C25H30N2O4/c1-19(26-31-18-22-11-7-4-8-12-22)13-23-15-27(16-24(23)14-20(2)28)25(29)30-17-21-9-5-3-6-10-21/h3-12,23-24H,13-18H2,1-2H3/b26-19-/t23-,24+/m0/s1. The monoisotopic (exact) mass is 422 g/mol. The second-order valence-electron chi connectivity index (χ2n) is 8.16. The molecule has 1 aliphatic rings. The number of hydrogen-bond donors (Lipinski definition) is 0. The van der Waals surface area contributed by atoms with Crippen molar-refractivity contribution in [2.75, 3.05) is 13.1 Å². The summed E-state index contributed by atoms with van der Waals surface area (Å²) in [6.07, 6.45) is 0.787. The Balaban J connectivity index is 1.54. The molecule has 2 aromatic carbocycles. The first-order valence-electron chi connectivity index (χ1n) is 10.7. The van der Waals surface area contributed by atoms with Gasteiger partial charge in [0.1, 0.15) is 19.0 Å². The van der Waals surface area contributed by atoms with Crippen LogP contribution in [0.25, 0.3) is 0 Å². The summed E-state index contributed by atoms with van der Waals surface area (Å²) in [6, 6.07) is 19.5. The second kappa shape index (κ2) is 11.3. The lowest BCUT2D eigenvalue weighted by molar-refractivity contribution is -0.118. The van der Waals surface area contributed by atoms with Gasteiger partial charge in [-0.15, -0.1) is 0 Å². The third-order valence-corrected chi connectivity index (χ3v) is 5.44. The summed E-state index contributed by atoms with van der Waals surface area (Å²) in [5.74, 6) is 0.378. The van der Waals surface area contributed by atoms with E-state index in [1.807, 2.05) is 67.6 Å². The third-order valence-electron chi connectivity index (χ3n) is 5.44. The van der Waals surface area contributed by atoms with Crippen LogP contribution in [-0.2, 0) is 27.6 Å². The zero-order valence-electron chi connectivity index (χ0n) is 18.2. The number of carbonyl (C=O) groups excluding carboxylic acids is 2. The first-order chi connectivity index (χ1) is 15.0. The van der Waals surface area contributed by atoms with Crippen LogP contribution in [0.2, 0.25) is 0 Å². The van der Waals surface area contributed by atoms with Gasteiger partial charge in [-0.1, -0.05) is 65.8 Å². The Morgan fingerprint density at radius 2 is 1.42 bits per heavy atom. The highest BCUT2D eigenvalue weighted by atomic mass is 16.6. The molecule has 0 aromatic heterocycles. The lowest BCUT2D eigenvalue weighted by Gasteiger charge is -2.16. The van der Waals surface area contributed by atoms with Crippen LogP contribution in [0.4, 0.5) is 4.79 Å². The number of hydrogen-bond acceptors (Lipinski definition) is 5. The number of Topliss-reactive ketones (excluding diaryl/α,β-unsaturated/α-hetero) is 1. The predicted molar refractivity (Wildman–Crippen MR) is 119 cm³/mol. The molecule has 1 saturated heterocycles. The molecule has 1 amide bonds. The molecular formula is C25H30N2O4. The maximum Gasteiger partial charge on any atom is 0.410 e. The lowest BCUT2D eigenvalue weighted by Crippen LogP contribution is -2.29. The van der Waals surface area contributed by atoms with Crippen molar-refractivity contribution < 1.29 is 19.2 Å². The van der Waals surface area contributed by atoms with E-state index >= 15 is 0 Å². The summed E-state index contributed by atoms with van der Waals surface area (Å²) in [5.41, 5.74) is 2.86. The van der Waals surface area contributed by atoms with Gasteiger partial charge in [0.05, 0.1) is 5.71 Å². The SMILES string of the molecule is CC(=O)C[C@@H]1CN(C(=O)OCc2ccccc2)C[C@@H]1C/C(C)=N\OCc1ccccc1. The van der Waals surface area contributed by atoms with Crippen molar-refractivity contribution in [1.82, 2.24) is 4.90 Å². The first kappa shape index (κ1) is 22.5. The molecule has 0 saturated carbocycles. The van der Waals surface area contributed by atoms with Crippen molar-refractivity contribution in [3.05, 3.63) is 71.8 Å². The van der Waals surface area contributed by atoms with Gasteiger partial charge in [-0.05, 0) is 43.2 Å². The molecular weight excluding hydrogens is 392 g/mol. The van der Waals surface area contributed by atoms with Crippen molar-refractivity contribution >= 4 is 17.6 Å². The summed E-state index contributed by atoms with van der Waals surface area (Å²) in [4.78, 5) is 31.5. The van der Waals surface area contributed by atoms with Crippen molar-refractivity contribution in [1.29, 1.82) is 0 Å². The molecule has 0 spiro atoms. The Morgan fingerprint density at radius 1 is 0.871 bits per heavy atom. The molecule has 6 nitrogen and oxygen atoms in total. The summed E-state index contributed by atoms with van der Waals surface area (Å²) < 4.78 is 5.48. The van der Waals surface area contributed by atoms with E-state index in [2.05, 4.69) is 5.16 Å². The molecule has 0 aliphatic carbocycles. The quantitative estimate of drug-likeness (QED) is 0.429. The largest absolute Gasteiger partial charge is 0.445 e. The Bertz CT molecular complexity index is 883. The van der Waals surface area contributed by atoms with Crippen LogP contribution in [0, 0.1) is 11.8 Å². The molecule has 3 rings (SSSR count). The topological polar surface area (TPSA) is 68.2 Å². The summed E-state index contributed by atoms with van der Waals surface area (Å²) >= 11 is 0. The second-order valence-corrected chi connectivity index (χ2v) is 8.16. The Labute approximate surface area is 183 Å². The predicted octanol–water partition coefficient (Wildman–Crippen LogP) is 4.83. The van der Waals surface area contributed by atoms with Gasteiger partial charge < -0.3 is 19.3 Å². The number of ether oxygens (including phenoxy) is 1. The molecule has 164 valence electrons. The molecule has 0 N–H and O–H groups in total. The lowest BCUT2D eigenvalue weighted by atomic mass is 9.88. The van der Waals surface area contributed by atoms with Gasteiger partial charge in [0.2, 0.25) is 0 Å². The molecule has 0 bridgehead atoms. The van der Waals surface area contributed by atoms with E-state index in [0.29, 0.717) is 32.5 Å². The number of benzene rings is 2. The fourth-order valence-corrected chi connectivity index (χ4v) is 3.94. The van der Waals surface area contributed by atoms with Crippen LogP contribution in [-0.4, -0.2) is 35.6 Å². The van der Waals surface area contributed by atoms with Gasteiger partial charge in [-0.25, -0.2) is 4.79 Å². The maximum absolute atomic E-state index is 12.6. The smallest absolute Gasteiger partial charge is 0.410 e. The number of ketones is 1. The summed E-state index contributed by atoms with van der Waals surface area (Å²) in [5, 5.41) is 4.24. The van der Waals surface area contributed by atoms with E-state index in [-0.39, 0.29) is 30.3 Å². The van der Waals surface area contributed by atoms with Crippen molar-refractivity contribution in [3.8, 4) is 0 Å². The summed E-state index contributed by atoms with van der Waals surface area (Å²) in [7, 11) is 0. The van der Waals surface area contributed by atoms with Gasteiger partial charge in [0, 0.05) is 19.5 Å². The van der Waals surface area contributed by atoms with E-state index in [1.54, 1.807) is 11.8 Å². The minimum Gasteiger partial charge on any atom is -0.445 e. The maximum atomic E-state index is 12.6. The van der Waals surface area contributed by atoms with Crippen molar-refractivity contribution in [3.63, 3.8) is 0 Å². The van der Waals surface area contributed by atoms with Crippen LogP contribution in [0.3, 0.4) is 0 Å². The normalized spacial score (nSPS) is 18.6. The molecule has 2 atom stereocenters. The third kappa shape index (κ3) is 7.24. The van der Waals surface area contributed by atoms with Gasteiger partial charge >= 0.3 is 6.09 Å². The number of nitrogens with zero attached hydrogens (tertiary/aromatic N) is 2.